The highest BCUT2D eigenvalue weighted by atomic mass is 32.2. The van der Waals surface area contributed by atoms with Crippen LogP contribution >= 0.6 is 11.8 Å². The Morgan fingerprint density at radius 2 is 2.33 bits per heavy atom. The molecule has 0 aliphatic carbocycles. The van der Waals surface area contributed by atoms with Gasteiger partial charge in [0, 0.05) is 24.7 Å². The van der Waals surface area contributed by atoms with Crippen LogP contribution in [0.15, 0.2) is 24.3 Å². The molecule has 1 aliphatic heterocycles. The summed E-state index contributed by atoms with van der Waals surface area (Å²) < 4.78 is 5.18. The molecule has 2 rings (SSSR count). The highest BCUT2D eigenvalue weighted by Gasteiger charge is 2.35. The summed E-state index contributed by atoms with van der Waals surface area (Å²) in [4.78, 5) is 26.3. The Kier molecular flexibility index (Phi) is 6.93. The molecule has 6 nitrogen and oxygen atoms in total. The lowest BCUT2D eigenvalue weighted by Crippen LogP contribution is -2.42. The molecule has 0 spiro atoms. The first kappa shape index (κ1) is 18.6. The Morgan fingerprint density at radius 1 is 1.54 bits per heavy atom. The largest absolute Gasteiger partial charge is 0.497 e. The third-order valence-electron chi connectivity index (χ3n) is 4.10. The summed E-state index contributed by atoms with van der Waals surface area (Å²) in [5, 5.41) is 12.2. The number of benzene rings is 1. The van der Waals surface area contributed by atoms with Gasteiger partial charge in [0.05, 0.1) is 25.7 Å². The number of nitrogens with one attached hydrogen (secondary N) is 1. The van der Waals surface area contributed by atoms with E-state index < -0.39 is 5.92 Å². The second-order valence-electron chi connectivity index (χ2n) is 5.78. The van der Waals surface area contributed by atoms with Gasteiger partial charge < -0.3 is 20.1 Å². The fourth-order valence-corrected chi connectivity index (χ4v) is 3.22. The van der Waals surface area contributed by atoms with Crippen LogP contribution in [0.4, 0.5) is 5.69 Å². The molecule has 2 atom stereocenters. The zero-order chi connectivity index (χ0) is 17.5. The van der Waals surface area contributed by atoms with Crippen LogP contribution in [0.3, 0.4) is 0 Å². The fraction of sp³-hybridized carbons (Fsp3) is 0.529. The van der Waals surface area contributed by atoms with Crippen molar-refractivity contribution in [2.75, 3.05) is 37.2 Å². The summed E-state index contributed by atoms with van der Waals surface area (Å²) in [6.07, 6.45) is 2.88. The van der Waals surface area contributed by atoms with Gasteiger partial charge in [0.15, 0.2) is 0 Å². The summed E-state index contributed by atoms with van der Waals surface area (Å²) in [7, 11) is 1.57. The van der Waals surface area contributed by atoms with Crippen LogP contribution in [0.25, 0.3) is 0 Å². The quantitative estimate of drug-likeness (QED) is 0.737. The lowest BCUT2D eigenvalue weighted by Gasteiger charge is -2.19. The number of hydrogen-bond acceptors (Lipinski definition) is 5. The topological polar surface area (TPSA) is 78.9 Å². The van der Waals surface area contributed by atoms with E-state index in [9.17, 15) is 14.7 Å². The third-order valence-corrected chi connectivity index (χ3v) is 4.74. The lowest BCUT2D eigenvalue weighted by atomic mass is 10.1. The molecular formula is C17H24N2O4S. The van der Waals surface area contributed by atoms with Gasteiger partial charge in [0.25, 0.3) is 0 Å². The van der Waals surface area contributed by atoms with E-state index in [-0.39, 0.29) is 30.9 Å². The molecule has 0 unspecified atom stereocenters. The van der Waals surface area contributed by atoms with Crippen molar-refractivity contribution in [1.29, 1.82) is 0 Å². The summed E-state index contributed by atoms with van der Waals surface area (Å²) >= 11 is 1.67. The number of carbonyl (C=O) groups is 2. The second kappa shape index (κ2) is 8.94. The molecule has 2 N–H and O–H groups in total. The summed E-state index contributed by atoms with van der Waals surface area (Å²) in [5.41, 5.74) is 0.732. The number of aliphatic hydroxyl groups is 1. The van der Waals surface area contributed by atoms with E-state index in [1.807, 2.05) is 24.5 Å². The third kappa shape index (κ3) is 4.64. The minimum absolute atomic E-state index is 0.0759. The number of aliphatic hydroxyl groups excluding tert-OH is 1. The average Bonchev–Trinajstić information content (AvgIpc) is 3.00. The van der Waals surface area contributed by atoms with E-state index >= 15 is 0 Å². The molecule has 0 saturated carbocycles. The molecule has 132 valence electrons. The molecule has 1 saturated heterocycles. The van der Waals surface area contributed by atoms with Gasteiger partial charge in [-0.05, 0) is 30.6 Å². The van der Waals surface area contributed by atoms with E-state index in [2.05, 4.69) is 5.32 Å². The predicted molar refractivity (Wildman–Crippen MR) is 95.5 cm³/mol. The highest BCUT2D eigenvalue weighted by molar-refractivity contribution is 7.98. The van der Waals surface area contributed by atoms with Crippen LogP contribution in [0, 0.1) is 5.92 Å². The number of nitrogens with zero attached hydrogens (tertiary/aromatic N) is 1. The van der Waals surface area contributed by atoms with Crippen molar-refractivity contribution in [3.63, 3.8) is 0 Å². The number of methoxy groups -OCH3 is 1. The van der Waals surface area contributed by atoms with Crippen molar-refractivity contribution >= 4 is 29.3 Å². The Balaban J connectivity index is 1.99. The molecule has 0 aromatic heterocycles. The maximum absolute atomic E-state index is 12.4. The number of hydrogen-bond donors (Lipinski definition) is 2. The molecule has 0 bridgehead atoms. The van der Waals surface area contributed by atoms with Gasteiger partial charge in [-0.1, -0.05) is 6.07 Å². The number of carbonyl (C=O) groups excluding carboxylic acids is 2. The van der Waals surface area contributed by atoms with Crippen molar-refractivity contribution < 1.29 is 19.4 Å². The molecule has 1 aromatic carbocycles. The SMILES string of the molecule is COc1cccc(N2C[C@H](C(=O)N[C@H](CO)CCSC)CC2=O)c1. The van der Waals surface area contributed by atoms with Crippen LogP contribution in [-0.2, 0) is 9.59 Å². The standard InChI is InChI=1S/C17H24N2O4S/c1-23-15-5-3-4-14(9-15)19-10-12(8-16(19)21)17(22)18-13(11-20)6-7-24-2/h3-5,9,12-13,20H,6-8,10-11H2,1-2H3,(H,18,22)/t12-,13+/m1/s1. The number of anilines is 1. The molecule has 1 heterocycles. The van der Waals surface area contributed by atoms with Crippen molar-refractivity contribution in [2.45, 2.75) is 18.9 Å². The van der Waals surface area contributed by atoms with Gasteiger partial charge in [-0.25, -0.2) is 0 Å². The normalized spacial score (nSPS) is 18.5. The zero-order valence-corrected chi connectivity index (χ0v) is 14.8. The zero-order valence-electron chi connectivity index (χ0n) is 14.0. The smallest absolute Gasteiger partial charge is 0.227 e. The summed E-state index contributed by atoms with van der Waals surface area (Å²) in [6, 6.07) is 6.99. The van der Waals surface area contributed by atoms with Gasteiger partial charge in [-0.15, -0.1) is 0 Å². The molecule has 24 heavy (non-hydrogen) atoms. The van der Waals surface area contributed by atoms with Crippen LogP contribution in [-0.4, -0.2) is 55.2 Å². The monoisotopic (exact) mass is 352 g/mol. The molecule has 2 amide bonds. The molecular weight excluding hydrogens is 328 g/mol. The summed E-state index contributed by atoms with van der Waals surface area (Å²) in [6.45, 7) is 0.255. The maximum Gasteiger partial charge on any atom is 0.227 e. The number of thioether (sulfide) groups is 1. The predicted octanol–water partition coefficient (Wildman–Crippen LogP) is 1.28. The van der Waals surface area contributed by atoms with Crippen LogP contribution in [0.1, 0.15) is 12.8 Å². The maximum atomic E-state index is 12.4. The molecule has 1 aliphatic rings. The number of ether oxygens (including phenoxy) is 1. The minimum Gasteiger partial charge on any atom is -0.497 e. The number of amides is 2. The fourth-order valence-electron chi connectivity index (χ4n) is 2.70. The van der Waals surface area contributed by atoms with Crippen LogP contribution in [0.5, 0.6) is 5.75 Å². The Hall–Kier alpha value is -1.73. The Bertz CT molecular complexity index is 581. The molecule has 7 heteroatoms. The summed E-state index contributed by atoms with van der Waals surface area (Å²) in [5.74, 6) is 0.894. The highest BCUT2D eigenvalue weighted by Crippen LogP contribution is 2.28. The van der Waals surface area contributed by atoms with Crippen molar-refractivity contribution in [3.05, 3.63) is 24.3 Å². The lowest BCUT2D eigenvalue weighted by molar-refractivity contribution is -0.127. The van der Waals surface area contributed by atoms with Gasteiger partial charge >= 0.3 is 0 Å². The van der Waals surface area contributed by atoms with Crippen LogP contribution in [0.2, 0.25) is 0 Å². The van der Waals surface area contributed by atoms with E-state index in [0.717, 1.165) is 11.4 Å². The molecule has 1 fully saturated rings. The van der Waals surface area contributed by atoms with E-state index in [1.54, 1.807) is 29.8 Å². The van der Waals surface area contributed by atoms with Crippen molar-refractivity contribution in [2.24, 2.45) is 5.92 Å². The Morgan fingerprint density at radius 3 is 3.00 bits per heavy atom. The number of rotatable bonds is 8. The van der Waals surface area contributed by atoms with E-state index in [0.29, 0.717) is 18.7 Å². The molecule has 1 aromatic rings. The van der Waals surface area contributed by atoms with Crippen molar-refractivity contribution in [1.82, 2.24) is 5.32 Å². The first-order valence-electron chi connectivity index (χ1n) is 7.93. The van der Waals surface area contributed by atoms with Gasteiger partial charge in [0.1, 0.15) is 5.75 Å². The van der Waals surface area contributed by atoms with Gasteiger partial charge in [-0.2, -0.15) is 11.8 Å². The average molecular weight is 352 g/mol. The minimum atomic E-state index is -0.396. The van der Waals surface area contributed by atoms with Gasteiger partial charge in [0.2, 0.25) is 11.8 Å². The second-order valence-corrected chi connectivity index (χ2v) is 6.76. The van der Waals surface area contributed by atoms with Crippen molar-refractivity contribution in [3.8, 4) is 5.75 Å². The van der Waals surface area contributed by atoms with Gasteiger partial charge in [-0.3, -0.25) is 9.59 Å². The van der Waals surface area contributed by atoms with E-state index in [4.69, 9.17) is 4.74 Å². The Labute approximate surface area is 146 Å². The van der Waals surface area contributed by atoms with E-state index in [1.165, 1.54) is 0 Å². The first-order chi connectivity index (χ1) is 11.6. The molecule has 0 radical (unpaired) electrons. The van der Waals surface area contributed by atoms with Crippen LogP contribution < -0.4 is 15.0 Å². The first-order valence-corrected chi connectivity index (χ1v) is 9.33.